The summed E-state index contributed by atoms with van der Waals surface area (Å²) in [5.74, 6) is 0.845. The number of aryl methyl sites for hydroxylation is 1. The van der Waals surface area contributed by atoms with Gasteiger partial charge in [-0.15, -0.1) is 0 Å². The fourth-order valence-electron chi connectivity index (χ4n) is 1.88. The lowest BCUT2D eigenvalue weighted by atomic mass is 10.4. The molecule has 0 fully saturated rings. The van der Waals surface area contributed by atoms with Crippen LogP contribution in [0.3, 0.4) is 0 Å². The molecule has 0 radical (unpaired) electrons. The Bertz CT molecular complexity index is 648. The molecular formula is C12H15IN4O2. The van der Waals surface area contributed by atoms with Gasteiger partial charge in [0.25, 0.3) is 5.56 Å². The standard InChI is InChI=1S/C12H15IN4O2/c1-8-12(13)15-9(2)17(8)10-6-11(18)16(14-7-10)4-5-19-3/h6-7H,4-5H2,1-3H3. The first-order valence-electron chi connectivity index (χ1n) is 5.82. The zero-order valence-corrected chi connectivity index (χ0v) is 13.2. The quantitative estimate of drug-likeness (QED) is 0.757. The Morgan fingerprint density at radius 2 is 2.16 bits per heavy atom. The minimum Gasteiger partial charge on any atom is -0.383 e. The number of ether oxygens (including phenoxy) is 1. The third-order valence-corrected chi connectivity index (χ3v) is 3.86. The Labute approximate surface area is 124 Å². The molecule has 2 rings (SSSR count). The van der Waals surface area contributed by atoms with Gasteiger partial charge in [-0.3, -0.25) is 9.36 Å². The van der Waals surface area contributed by atoms with Crippen LogP contribution in [0.25, 0.3) is 5.69 Å². The van der Waals surface area contributed by atoms with E-state index in [4.69, 9.17) is 4.74 Å². The van der Waals surface area contributed by atoms with E-state index in [0.717, 1.165) is 20.9 Å². The molecule has 6 nitrogen and oxygen atoms in total. The van der Waals surface area contributed by atoms with Crippen LogP contribution < -0.4 is 5.56 Å². The van der Waals surface area contributed by atoms with E-state index in [0.29, 0.717) is 13.2 Å². The van der Waals surface area contributed by atoms with Gasteiger partial charge in [-0.1, -0.05) is 0 Å². The highest BCUT2D eigenvalue weighted by Crippen LogP contribution is 2.17. The van der Waals surface area contributed by atoms with E-state index in [9.17, 15) is 4.79 Å². The zero-order valence-electron chi connectivity index (χ0n) is 11.1. The van der Waals surface area contributed by atoms with E-state index in [-0.39, 0.29) is 5.56 Å². The number of aromatic nitrogens is 4. The first-order valence-corrected chi connectivity index (χ1v) is 6.90. The lowest BCUT2D eigenvalue weighted by Gasteiger charge is -2.09. The third-order valence-electron chi connectivity index (χ3n) is 2.84. The van der Waals surface area contributed by atoms with Crippen LogP contribution >= 0.6 is 22.6 Å². The predicted octanol–water partition coefficient (Wildman–Crippen LogP) is 1.30. The largest absolute Gasteiger partial charge is 0.383 e. The van der Waals surface area contributed by atoms with Crippen LogP contribution in [0.1, 0.15) is 11.5 Å². The molecular weight excluding hydrogens is 359 g/mol. The minimum absolute atomic E-state index is 0.142. The minimum atomic E-state index is -0.142. The Morgan fingerprint density at radius 3 is 2.68 bits per heavy atom. The summed E-state index contributed by atoms with van der Waals surface area (Å²) < 4.78 is 9.19. The summed E-state index contributed by atoms with van der Waals surface area (Å²) in [5.41, 5.74) is 1.61. The van der Waals surface area contributed by atoms with E-state index in [1.54, 1.807) is 19.4 Å². The second kappa shape index (κ2) is 5.83. The van der Waals surface area contributed by atoms with Crippen molar-refractivity contribution < 1.29 is 4.74 Å². The molecule has 0 saturated heterocycles. The van der Waals surface area contributed by atoms with Crippen molar-refractivity contribution in [2.24, 2.45) is 0 Å². The van der Waals surface area contributed by atoms with Gasteiger partial charge < -0.3 is 4.74 Å². The van der Waals surface area contributed by atoms with Gasteiger partial charge >= 0.3 is 0 Å². The molecule has 0 saturated carbocycles. The van der Waals surface area contributed by atoms with E-state index < -0.39 is 0 Å². The molecule has 0 aliphatic rings. The van der Waals surface area contributed by atoms with Gasteiger partial charge in [0.05, 0.1) is 30.7 Å². The zero-order chi connectivity index (χ0) is 14.0. The molecule has 0 aliphatic heterocycles. The summed E-state index contributed by atoms with van der Waals surface area (Å²) in [4.78, 5) is 16.3. The fourth-order valence-corrected chi connectivity index (χ4v) is 2.47. The van der Waals surface area contributed by atoms with Gasteiger partial charge in [-0.25, -0.2) is 9.67 Å². The number of hydrogen-bond donors (Lipinski definition) is 0. The third kappa shape index (κ3) is 2.86. The van der Waals surface area contributed by atoms with Crippen molar-refractivity contribution >= 4 is 22.6 Å². The van der Waals surface area contributed by atoms with Gasteiger partial charge in [0.2, 0.25) is 0 Å². The molecule has 0 unspecified atom stereocenters. The molecule has 0 aromatic carbocycles. The molecule has 0 spiro atoms. The number of methoxy groups -OCH3 is 1. The molecule has 7 heteroatoms. The maximum absolute atomic E-state index is 12.0. The van der Waals surface area contributed by atoms with Crippen molar-refractivity contribution in [1.82, 2.24) is 19.3 Å². The highest BCUT2D eigenvalue weighted by atomic mass is 127. The smallest absolute Gasteiger partial charge is 0.268 e. The Morgan fingerprint density at radius 1 is 1.42 bits per heavy atom. The van der Waals surface area contributed by atoms with Crippen molar-refractivity contribution in [2.75, 3.05) is 13.7 Å². The van der Waals surface area contributed by atoms with Crippen LogP contribution in [0.4, 0.5) is 0 Å². The maximum atomic E-state index is 12.0. The first-order chi connectivity index (χ1) is 9.04. The number of hydrogen-bond acceptors (Lipinski definition) is 4. The lowest BCUT2D eigenvalue weighted by Crippen LogP contribution is -2.25. The topological polar surface area (TPSA) is 61.9 Å². The summed E-state index contributed by atoms with van der Waals surface area (Å²) in [6, 6.07) is 1.57. The predicted molar refractivity (Wildman–Crippen MR) is 79.7 cm³/mol. The second-order valence-corrected chi connectivity index (χ2v) is 5.16. The van der Waals surface area contributed by atoms with Crippen molar-refractivity contribution in [1.29, 1.82) is 0 Å². The molecule has 2 aromatic heterocycles. The van der Waals surface area contributed by atoms with Gasteiger partial charge in [0, 0.05) is 13.2 Å². The maximum Gasteiger partial charge on any atom is 0.268 e. The number of imidazole rings is 1. The van der Waals surface area contributed by atoms with Crippen LogP contribution in [0.15, 0.2) is 17.1 Å². The summed E-state index contributed by atoms with van der Waals surface area (Å²) in [6.45, 7) is 4.80. The van der Waals surface area contributed by atoms with Crippen molar-refractivity contribution in [3.63, 3.8) is 0 Å². The van der Waals surface area contributed by atoms with E-state index in [2.05, 4.69) is 32.7 Å². The fraction of sp³-hybridized carbons (Fsp3) is 0.417. The average Bonchev–Trinajstić information content (AvgIpc) is 2.62. The molecule has 0 amide bonds. The second-order valence-electron chi connectivity index (χ2n) is 4.14. The van der Waals surface area contributed by atoms with Gasteiger partial charge in [0.1, 0.15) is 9.53 Å². The number of nitrogens with zero attached hydrogens (tertiary/aromatic N) is 4. The molecule has 19 heavy (non-hydrogen) atoms. The summed E-state index contributed by atoms with van der Waals surface area (Å²) in [6.07, 6.45) is 1.68. The molecule has 2 heterocycles. The normalized spacial score (nSPS) is 10.9. The van der Waals surface area contributed by atoms with Gasteiger partial charge in [-0.05, 0) is 36.4 Å². The first kappa shape index (κ1) is 14.2. The van der Waals surface area contributed by atoms with Gasteiger partial charge in [-0.2, -0.15) is 5.10 Å². The monoisotopic (exact) mass is 374 g/mol. The van der Waals surface area contributed by atoms with Crippen molar-refractivity contribution in [3.8, 4) is 5.69 Å². The highest BCUT2D eigenvalue weighted by Gasteiger charge is 2.11. The van der Waals surface area contributed by atoms with Crippen molar-refractivity contribution in [3.05, 3.63) is 37.8 Å². The Kier molecular flexibility index (Phi) is 4.35. The number of rotatable bonds is 4. The van der Waals surface area contributed by atoms with E-state index in [1.165, 1.54) is 4.68 Å². The molecule has 2 aromatic rings. The van der Waals surface area contributed by atoms with E-state index >= 15 is 0 Å². The average molecular weight is 374 g/mol. The molecule has 0 N–H and O–H groups in total. The highest BCUT2D eigenvalue weighted by molar-refractivity contribution is 14.1. The SMILES string of the molecule is COCCn1ncc(-n2c(C)nc(I)c2C)cc1=O. The van der Waals surface area contributed by atoms with E-state index in [1.807, 2.05) is 18.4 Å². The Balaban J connectivity index is 2.42. The summed E-state index contributed by atoms with van der Waals surface area (Å²) >= 11 is 2.18. The molecule has 0 aliphatic carbocycles. The van der Waals surface area contributed by atoms with Gasteiger partial charge in [0.15, 0.2) is 0 Å². The summed E-state index contributed by atoms with van der Waals surface area (Å²) in [7, 11) is 1.60. The molecule has 102 valence electrons. The van der Waals surface area contributed by atoms with Crippen LogP contribution in [-0.2, 0) is 11.3 Å². The van der Waals surface area contributed by atoms with Crippen LogP contribution in [0.2, 0.25) is 0 Å². The Hall–Kier alpha value is -1.22. The lowest BCUT2D eigenvalue weighted by molar-refractivity contribution is 0.182. The molecule has 0 atom stereocenters. The number of halogens is 1. The van der Waals surface area contributed by atoms with Crippen LogP contribution in [0, 0.1) is 17.5 Å². The summed E-state index contributed by atoms with van der Waals surface area (Å²) in [5, 5.41) is 4.16. The van der Waals surface area contributed by atoms with Crippen LogP contribution in [-0.4, -0.2) is 33.0 Å². The van der Waals surface area contributed by atoms with Crippen LogP contribution in [0.5, 0.6) is 0 Å². The molecule has 0 bridgehead atoms. The van der Waals surface area contributed by atoms with Crippen molar-refractivity contribution in [2.45, 2.75) is 20.4 Å².